The number of benzene rings is 4. The van der Waals surface area contributed by atoms with Crippen LogP contribution in [0.4, 0.5) is 5.82 Å². The van der Waals surface area contributed by atoms with E-state index in [1.165, 1.54) is 30.3 Å². The summed E-state index contributed by atoms with van der Waals surface area (Å²) in [4.78, 5) is 135. The highest BCUT2D eigenvalue weighted by molar-refractivity contribution is 7.48. The molecular formula is C64H75N11O24P4. The number of aromatic amines is 1. The first kappa shape index (κ1) is 77.2. The number of amides is 4. The number of ether oxygens (including phenoxy) is 2. The third kappa shape index (κ3) is 22.6. The number of carbonyl (C=O) groups excluding carboxylic acids is 4. The molecule has 550 valence electrons. The van der Waals surface area contributed by atoms with E-state index in [0.29, 0.717) is 22.3 Å². The van der Waals surface area contributed by atoms with E-state index in [1.54, 1.807) is 121 Å². The Labute approximate surface area is 587 Å². The molecule has 0 spiro atoms. The molecule has 8 bridgehead atoms. The lowest BCUT2D eigenvalue weighted by Gasteiger charge is -2.22. The number of hydrogen-bond acceptors (Lipinski definition) is 24. The molecule has 2 saturated heterocycles. The summed E-state index contributed by atoms with van der Waals surface area (Å²) in [6, 6.07) is 26.4. The predicted octanol–water partition coefficient (Wildman–Crippen LogP) is 6.35. The minimum atomic E-state index is -4.93. The van der Waals surface area contributed by atoms with E-state index >= 15 is 0 Å². The van der Waals surface area contributed by atoms with Gasteiger partial charge in [-0.25, -0.2) is 38.0 Å². The van der Waals surface area contributed by atoms with Gasteiger partial charge in [0.05, 0.1) is 46.0 Å². The Bertz CT molecular complexity index is 4520. The molecule has 0 aliphatic carbocycles. The van der Waals surface area contributed by atoms with Crippen molar-refractivity contribution in [3.05, 3.63) is 187 Å². The third-order valence-electron chi connectivity index (χ3n) is 15.9. The summed E-state index contributed by atoms with van der Waals surface area (Å²) in [6.45, 7) is -1.32. The van der Waals surface area contributed by atoms with Crippen LogP contribution in [0, 0.1) is 6.92 Å². The van der Waals surface area contributed by atoms with E-state index < -0.39 is 116 Å². The lowest BCUT2D eigenvalue weighted by molar-refractivity contribution is -0.0469. The average molecular weight is 1510 g/mol. The van der Waals surface area contributed by atoms with Crippen LogP contribution in [0.5, 0.6) is 0 Å². The number of H-pyrrole nitrogens is 1. The number of anilines is 1. The van der Waals surface area contributed by atoms with Crippen LogP contribution in [0.2, 0.25) is 0 Å². The van der Waals surface area contributed by atoms with Gasteiger partial charge in [0.25, 0.3) is 29.2 Å². The SMILES string of the molecule is Cc1cn([C@H]2C[C@@H]3OP(=O)(O)OCCCNC(=O)c4ccc(cc4)/C=C/c4ccc(cc4)C(=O)NCCCOP(=O)(O)OC[C@H]4O[C@@H](n5cnc6c(N)ncnc65)C[C@@H]4OP(=O)(O)OCCCNC(=O)c4ccc(cc4)/C=C/c4ccc(cc4)C(=O)NCCCOP(=O)(O)OC[C@H]3O2)c(=O)[nH]c1=O. The zero-order valence-electron chi connectivity index (χ0n) is 55.1. The molecule has 35 nitrogen and oxygen atoms in total. The van der Waals surface area contributed by atoms with E-state index in [2.05, 4.69) is 41.2 Å². The number of carbonyl (C=O) groups is 4. The minimum absolute atomic E-state index is 0.00664. The van der Waals surface area contributed by atoms with Gasteiger partial charge in [0.2, 0.25) is 0 Å². The van der Waals surface area contributed by atoms with E-state index in [9.17, 15) is 66.6 Å². The molecule has 10 atom stereocenters. The molecule has 103 heavy (non-hydrogen) atoms. The van der Waals surface area contributed by atoms with Crippen LogP contribution in [0.25, 0.3) is 35.5 Å². The molecule has 2 fully saturated rings. The summed E-state index contributed by atoms with van der Waals surface area (Å²) in [6.07, 6.45) is 3.28. The smallest absolute Gasteiger partial charge is 0.382 e. The van der Waals surface area contributed by atoms with Crippen molar-refractivity contribution in [2.75, 3.05) is 71.6 Å². The van der Waals surface area contributed by atoms with Crippen molar-refractivity contribution >= 4 is 96.2 Å². The molecule has 3 aromatic heterocycles. The van der Waals surface area contributed by atoms with Crippen LogP contribution < -0.4 is 38.2 Å². The van der Waals surface area contributed by atoms with Crippen molar-refractivity contribution in [2.45, 2.75) is 82.3 Å². The molecule has 12 heterocycles. The van der Waals surface area contributed by atoms with Crippen molar-refractivity contribution in [2.24, 2.45) is 0 Å². The van der Waals surface area contributed by atoms with E-state index in [1.807, 2.05) is 0 Å². The normalized spacial score (nSPS) is 28.0. The van der Waals surface area contributed by atoms with Crippen LogP contribution >= 0.6 is 31.3 Å². The molecule has 9 aliphatic heterocycles. The van der Waals surface area contributed by atoms with Gasteiger partial charge in [-0.15, -0.1) is 0 Å². The van der Waals surface area contributed by atoms with Crippen LogP contribution in [-0.2, 0) is 63.9 Å². The second-order valence-corrected chi connectivity index (χ2v) is 29.2. The molecule has 0 saturated carbocycles. The van der Waals surface area contributed by atoms with Crippen molar-refractivity contribution in [1.29, 1.82) is 0 Å². The monoisotopic (exact) mass is 1510 g/mol. The predicted molar refractivity (Wildman–Crippen MR) is 369 cm³/mol. The van der Waals surface area contributed by atoms with E-state index in [-0.39, 0.29) is 114 Å². The van der Waals surface area contributed by atoms with Crippen LogP contribution in [0.1, 0.15) is 120 Å². The van der Waals surface area contributed by atoms with Gasteiger partial charge < -0.3 is 56.0 Å². The number of imidazole rings is 1. The van der Waals surface area contributed by atoms with Gasteiger partial charge in [-0.1, -0.05) is 72.8 Å². The standard InChI is InChI=1S/C64H75N11O24P4/c1-41-36-74(64(81)73-59(41)76)54-34-50-52(96-54)37-94-100(82,83)90-30-2-26-66-60(77)46-18-10-42(11-19-46)7-9-45-16-24-49(25-17-45)63(80)69-29-5-33-93-103(88,89)99-51-35-55(75-40-72-56-57(65)70-39-71-58(56)75)97-53(51)38-95-101(84,85)91-31-3-27-67-61(78)47-20-12-43(13-21-47)6-8-44-14-22-48(23-15-44)62(79)68-28-4-32-92-102(86,87)98-50/h6-25,36,39-40,50-55H,2-5,26-35,37-38H2,1H3,(H,66,77)(H,67,78)(H,68,79)(H,69,80)(H,82,83)(H,84,85)(H,86,87)(H,88,89)(H2,65,70,71)(H,73,76,81)/b8-6+,9-7+/t50-,51-,52+,53+,54+,55+/m0/s1. The zero-order chi connectivity index (χ0) is 73.3. The highest BCUT2D eigenvalue weighted by Crippen LogP contribution is 2.52. The Morgan fingerprint density at radius 2 is 0.806 bits per heavy atom. The molecule has 39 heteroatoms. The number of nitrogens with two attached hydrogens (primary N) is 1. The number of nitrogens with one attached hydrogen (secondary N) is 5. The number of phosphoric ester groups is 4. The Hall–Kier alpha value is -8.37. The van der Waals surface area contributed by atoms with Crippen LogP contribution in [0.15, 0.2) is 126 Å². The van der Waals surface area contributed by atoms with Gasteiger partial charge in [-0.2, -0.15) is 0 Å². The summed E-state index contributed by atoms with van der Waals surface area (Å²) < 4.78 is 110. The summed E-state index contributed by atoms with van der Waals surface area (Å²) >= 11 is 0. The second kappa shape index (κ2) is 35.4. The molecule has 0 radical (unpaired) electrons. The van der Waals surface area contributed by atoms with Crippen molar-refractivity contribution in [3.63, 3.8) is 0 Å². The Kier molecular flexibility index (Phi) is 26.6. The molecule has 4 amide bonds. The summed E-state index contributed by atoms with van der Waals surface area (Å²) in [5.41, 5.74) is 9.30. The number of rotatable bonds is 2. The first-order valence-corrected chi connectivity index (χ1v) is 38.2. The maximum Gasteiger partial charge on any atom is 0.472 e. The number of aryl methyl sites for hydroxylation is 1. The maximum absolute atomic E-state index is 13.4. The largest absolute Gasteiger partial charge is 0.472 e. The quantitative estimate of drug-likeness (QED) is 0.0843. The van der Waals surface area contributed by atoms with E-state index in [0.717, 1.165) is 26.8 Å². The lowest BCUT2D eigenvalue weighted by atomic mass is 10.1. The molecular weight excluding hydrogens is 1430 g/mol. The topological polar surface area (TPSA) is 482 Å². The first-order valence-electron chi connectivity index (χ1n) is 32.3. The van der Waals surface area contributed by atoms with Gasteiger partial charge in [-0.05, 0) is 103 Å². The number of nitrogens with zero attached hydrogens (tertiary/aromatic N) is 5. The van der Waals surface area contributed by atoms with Gasteiger partial charge in [0.1, 0.15) is 48.7 Å². The molecule has 7 aromatic rings. The Balaban J connectivity index is 0.753. The number of hydrogen-bond donors (Lipinski definition) is 10. The second-order valence-electron chi connectivity index (χ2n) is 23.5. The van der Waals surface area contributed by atoms with Gasteiger partial charge in [-0.3, -0.25) is 74.3 Å². The number of phosphoric acid groups is 4. The van der Waals surface area contributed by atoms with E-state index in [4.69, 9.17) is 51.4 Å². The first-order chi connectivity index (χ1) is 49.2. The summed E-state index contributed by atoms with van der Waals surface area (Å²) in [7, 11) is -19.5. The Morgan fingerprint density at radius 3 is 1.17 bits per heavy atom. The van der Waals surface area contributed by atoms with Crippen LogP contribution in [0.3, 0.4) is 0 Å². The Morgan fingerprint density at radius 1 is 0.456 bits per heavy atom. The fourth-order valence-corrected chi connectivity index (χ4v) is 14.1. The van der Waals surface area contributed by atoms with Gasteiger partial charge in [0.15, 0.2) is 11.5 Å². The lowest BCUT2D eigenvalue weighted by Crippen LogP contribution is -2.33. The average Bonchev–Trinajstić information content (AvgIpc) is 1.64. The highest BCUT2D eigenvalue weighted by Gasteiger charge is 2.45. The molecule has 4 unspecified atom stereocenters. The number of fused-ring (bicyclic) bond motifs is 1. The maximum atomic E-state index is 13.4. The van der Waals surface area contributed by atoms with Crippen molar-refractivity contribution in [3.8, 4) is 0 Å². The highest BCUT2D eigenvalue weighted by atomic mass is 31.2. The fourth-order valence-electron chi connectivity index (χ4n) is 10.5. The van der Waals surface area contributed by atoms with Gasteiger partial charge in [0, 0.05) is 73.0 Å². The molecule has 16 rings (SSSR count). The number of nitrogen functional groups attached to an aromatic ring is 1. The van der Waals surface area contributed by atoms with Gasteiger partial charge >= 0.3 is 37.0 Å². The summed E-state index contributed by atoms with van der Waals surface area (Å²) in [5, 5.41) is 10.8. The van der Waals surface area contributed by atoms with Crippen LogP contribution in [-0.4, -0.2) is 163 Å². The molecule has 4 aromatic carbocycles. The molecule has 11 N–H and O–H groups in total. The zero-order valence-corrected chi connectivity index (χ0v) is 58.7. The minimum Gasteiger partial charge on any atom is -0.382 e. The van der Waals surface area contributed by atoms with Crippen molar-refractivity contribution in [1.82, 2.24) is 50.3 Å². The summed E-state index contributed by atoms with van der Waals surface area (Å²) in [5.74, 6) is -1.69. The van der Waals surface area contributed by atoms with Crippen molar-refractivity contribution < 1.29 is 103 Å². The number of aromatic nitrogens is 6. The third-order valence-corrected chi connectivity index (χ3v) is 20.0. The fraction of sp³-hybridized carbons (Fsp3) is 0.359. The molecule has 9 aliphatic rings.